The van der Waals surface area contributed by atoms with E-state index in [1.54, 1.807) is 0 Å². The predicted octanol–water partition coefficient (Wildman–Crippen LogP) is 3.26. The van der Waals surface area contributed by atoms with E-state index in [-0.39, 0.29) is 5.92 Å². The highest BCUT2D eigenvalue weighted by atomic mass is 35.6. The molecule has 0 saturated carbocycles. The first-order chi connectivity index (χ1) is 7.17. The first-order valence-electron chi connectivity index (χ1n) is 4.57. The summed E-state index contributed by atoms with van der Waals surface area (Å²) in [6.07, 6.45) is 0.638. The van der Waals surface area contributed by atoms with Crippen molar-refractivity contribution < 1.29 is 9.90 Å². The lowest BCUT2D eigenvalue weighted by molar-refractivity contribution is -0.138. The highest BCUT2D eigenvalue weighted by Gasteiger charge is 2.16. The third-order valence-corrected chi connectivity index (χ3v) is 1.91. The maximum Gasteiger partial charge on any atom is 0.618 e. The van der Waals surface area contributed by atoms with Gasteiger partial charge in [-0.2, -0.15) is 0 Å². The summed E-state index contributed by atoms with van der Waals surface area (Å²) in [5.41, 5.74) is 0.882. The Labute approximate surface area is 107 Å². The lowest BCUT2D eigenvalue weighted by Crippen LogP contribution is -2.09. The predicted molar refractivity (Wildman–Crippen MR) is 64.6 cm³/mol. The van der Waals surface area contributed by atoms with E-state index in [0.717, 1.165) is 5.56 Å². The van der Waals surface area contributed by atoms with Gasteiger partial charge in [0, 0.05) is 0 Å². The highest BCUT2D eigenvalue weighted by molar-refractivity contribution is 7.22. The molecule has 0 amide bonds. The molecule has 5 heteroatoms. The third-order valence-electron chi connectivity index (χ3n) is 1.91. The Kier molecular flexibility index (Phi) is 9.30. The Morgan fingerprint density at radius 2 is 1.87 bits per heavy atom. The van der Waals surface area contributed by atoms with Crippen LogP contribution in [0.3, 0.4) is 0 Å². The van der Waals surface area contributed by atoms with Crippen LogP contribution >= 0.6 is 18.1 Å². The van der Waals surface area contributed by atoms with Gasteiger partial charge in [0.15, 0.2) is 0 Å². The molecular weight excluding hydrogens is 247 g/mol. The summed E-state index contributed by atoms with van der Waals surface area (Å²) >= 11 is -0.639. The summed E-state index contributed by atoms with van der Waals surface area (Å²) in [6.45, 7) is 1.88. The number of hydrogen-bond donors (Lipinski definition) is 1. The number of carboxylic acids is 1. The summed E-state index contributed by atoms with van der Waals surface area (Å²) in [6, 6.07) is 9.31. The number of halogens is 2. The SMILES string of the molecule is CCC(C(=O)O)c1ccccc1.[Cl][Mg][Cl]. The fourth-order valence-corrected chi connectivity index (χ4v) is 1.24. The van der Waals surface area contributed by atoms with Gasteiger partial charge in [0.25, 0.3) is 0 Å². The Morgan fingerprint density at radius 1 is 1.40 bits per heavy atom. The molecule has 2 nitrogen and oxygen atoms in total. The molecule has 1 aromatic rings. The average molecular weight is 259 g/mol. The largest absolute Gasteiger partial charge is 0.618 e. The Bertz CT molecular complexity index is 280. The minimum atomic E-state index is -0.747. The molecular formula is C10H12Cl2MgO2. The average Bonchev–Trinajstić information content (AvgIpc) is 2.21. The van der Waals surface area contributed by atoms with Crippen LogP contribution in [0.5, 0.6) is 0 Å². The van der Waals surface area contributed by atoms with Crippen LogP contribution in [-0.2, 0) is 4.79 Å². The van der Waals surface area contributed by atoms with Gasteiger partial charge in [0.1, 0.15) is 0 Å². The van der Waals surface area contributed by atoms with Gasteiger partial charge in [0.05, 0.1) is 5.92 Å². The monoisotopic (exact) mass is 258 g/mol. The number of hydrogen-bond acceptors (Lipinski definition) is 1. The molecule has 0 radical (unpaired) electrons. The van der Waals surface area contributed by atoms with E-state index in [0.29, 0.717) is 6.42 Å². The second-order valence-corrected chi connectivity index (χ2v) is 5.44. The topological polar surface area (TPSA) is 37.3 Å². The first kappa shape index (κ1) is 15.0. The van der Waals surface area contributed by atoms with Crippen molar-refractivity contribution in [1.82, 2.24) is 0 Å². The molecule has 1 aromatic carbocycles. The summed E-state index contributed by atoms with van der Waals surface area (Å²) in [5, 5.41) is 8.83. The van der Waals surface area contributed by atoms with E-state index in [1.165, 1.54) is 0 Å². The molecule has 1 atom stereocenters. The lowest BCUT2D eigenvalue weighted by Gasteiger charge is -2.08. The normalized spacial score (nSPS) is 10.6. The van der Waals surface area contributed by atoms with Crippen molar-refractivity contribution in [2.24, 2.45) is 0 Å². The van der Waals surface area contributed by atoms with E-state index in [1.807, 2.05) is 37.3 Å². The molecule has 0 aliphatic heterocycles. The van der Waals surface area contributed by atoms with Gasteiger partial charge in [-0.15, -0.1) is 0 Å². The summed E-state index contributed by atoms with van der Waals surface area (Å²) in [7, 11) is 9.81. The molecule has 0 spiro atoms. The Morgan fingerprint density at radius 3 is 2.20 bits per heavy atom. The van der Waals surface area contributed by atoms with Gasteiger partial charge in [-0.05, 0) is 12.0 Å². The van der Waals surface area contributed by atoms with Crippen LogP contribution in [0.4, 0.5) is 0 Å². The minimum Gasteiger partial charge on any atom is -0.481 e. The smallest absolute Gasteiger partial charge is 0.481 e. The quantitative estimate of drug-likeness (QED) is 0.846. The lowest BCUT2D eigenvalue weighted by atomic mass is 9.97. The van der Waals surface area contributed by atoms with Crippen LogP contribution in [0.2, 0.25) is 0 Å². The molecule has 1 N–H and O–H groups in total. The number of carboxylic acid groups (broad SMARTS) is 1. The Hall–Kier alpha value is 0.0362. The van der Waals surface area contributed by atoms with Gasteiger partial charge in [-0.1, -0.05) is 37.3 Å². The van der Waals surface area contributed by atoms with Crippen molar-refractivity contribution in [3.63, 3.8) is 0 Å². The number of aliphatic carboxylic acids is 1. The van der Waals surface area contributed by atoms with Crippen LogP contribution in [-0.4, -0.2) is 29.2 Å². The molecule has 0 bridgehead atoms. The number of rotatable bonds is 3. The van der Waals surface area contributed by atoms with Gasteiger partial charge in [-0.25, -0.2) is 0 Å². The van der Waals surface area contributed by atoms with E-state index in [2.05, 4.69) is 0 Å². The second kappa shape index (κ2) is 9.28. The summed E-state index contributed by atoms with van der Waals surface area (Å²) in [5.74, 6) is -1.10. The molecule has 1 unspecified atom stereocenters. The van der Waals surface area contributed by atoms with Crippen LogP contribution in [0.1, 0.15) is 24.8 Å². The van der Waals surface area contributed by atoms with Gasteiger partial charge < -0.3 is 23.2 Å². The van der Waals surface area contributed by atoms with Crippen molar-refractivity contribution in [3.05, 3.63) is 35.9 Å². The van der Waals surface area contributed by atoms with Crippen molar-refractivity contribution in [1.29, 1.82) is 0 Å². The van der Waals surface area contributed by atoms with Crippen LogP contribution in [0.15, 0.2) is 30.3 Å². The van der Waals surface area contributed by atoms with Crippen molar-refractivity contribution in [2.45, 2.75) is 19.3 Å². The zero-order chi connectivity index (χ0) is 11.7. The fourth-order valence-electron chi connectivity index (χ4n) is 1.24. The first-order valence-corrected chi connectivity index (χ1v) is 8.84. The van der Waals surface area contributed by atoms with Gasteiger partial charge in [-0.3, -0.25) is 4.79 Å². The van der Waals surface area contributed by atoms with Crippen molar-refractivity contribution >= 4 is 42.3 Å². The maximum atomic E-state index is 10.7. The molecule has 0 heterocycles. The molecule has 0 aliphatic carbocycles. The van der Waals surface area contributed by atoms with E-state index >= 15 is 0 Å². The Balaban J connectivity index is 0.000000583. The molecule has 0 saturated heterocycles. The summed E-state index contributed by atoms with van der Waals surface area (Å²) in [4.78, 5) is 10.7. The third kappa shape index (κ3) is 6.25. The molecule has 0 fully saturated rings. The van der Waals surface area contributed by atoms with E-state index < -0.39 is 24.1 Å². The highest BCUT2D eigenvalue weighted by Crippen LogP contribution is 2.18. The molecule has 1 rings (SSSR count). The minimum absolute atomic E-state index is 0.355. The standard InChI is InChI=1S/C10H12O2.2ClH.Mg/c1-2-9(10(11)12)8-6-4-3-5-7-8;;;/h3-7,9H,2H2,1H3,(H,11,12);2*1H;/q;;;+2/p-2. The molecule has 80 valence electrons. The van der Waals surface area contributed by atoms with Gasteiger partial charge in [0.2, 0.25) is 0 Å². The molecule has 15 heavy (non-hydrogen) atoms. The van der Waals surface area contributed by atoms with Crippen LogP contribution in [0.25, 0.3) is 0 Å². The van der Waals surface area contributed by atoms with Crippen LogP contribution < -0.4 is 0 Å². The van der Waals surface area contributed by atoms with Crippen LogP contribution in [0, 0.1) is 0 Å². The van der Waals surface area contributed by atoms with E-state index in [4.69, 9.17) is 23.2 Å². The second-order valence-electron chi connectivity index (χ2n) is 2.81. The maximum absolute atomic E-state index is 10.7. The summed E-state index contributed by atoms with van der Waals surface area (Å²) < 4.78 is 0. The zero-order valence-corrected chi connectivity index (χ0v) is 11.4. The molecule has 0 aliphatic rings. The fraction of sp³-hybridized carbons (Fsp3) is 0.300. The number of benzene rings is 1. The number of carbonyl (C=O) groups is 1. The van der Waals surface area contributed by atoms with E-state index in [9.17, 15) is 4.79 Å². The van der Waals surface area contributed by atoms with Crippen molar-refractivity contribution in [3.8, 4) is 0 Å². The van der Waals surface area contributed by atoms with Crippen molar-refractivity contribution in [2.75, 3.05) is 0 Å². The zero-order valence-electron chi connectivity index (χ0n) is 8.49. The molecule has 0 aromatic heterocycles. The van der Waals surface area contributed by atoms with Gasteiger partial charge >= 0.3 is 24.1 Å².